The minimum absolute atomic E-state index is 0.0768. The molecule has 0 aromatic heterocycles. The molecule has 48 heavy (non-hydrogen) atoms. The van der Waals surface area contributed by atoms with E-state index in [1.807, 2.05) is 0 Å². The van der Waals surface area contributed by atoms with Crippen LogP contribution >= 0.6 is 7.82 Å². The lowest BCUT2D eigenvalue weighted by atomic mass is 10.0. The summed E-state index contributed by atoms with van der Waals surface area (Å²) >= 11 is 0. The maximum absolute atomic E-state index is 12.0. The third-order valence-electron chi connectivity index (χ3n) is 7.52. The van der Waals surface area contributed by atoms with Crippen LogP contribution in [0.15, 0.2) is 48.6 Å². The Morgan fingerprint density at radius 3 is 1.77 bits per heavy atom. The molecular weight excluding hydrogens is 629 g/mol. The van der Waals surface area contributed by atoms with Gasteiger partial charge in [0.1, 0.15) is 12.7 Å². The van der Waals surface area contributed by atoms with Gasteiger partial charge in [-0.2, -0.15) is 0 Å². The molecule has 1 amide bonds. The topological polar surface area (TPSA) is 131 Å². The number of phosphoric acid groups is 1. The highest BCUT2D eigenvalue weighted by atomic mass is 31.2. The van der Waals surface area contributed by atoms with Crippen molar-refractivity contribution in [2.45, 2.75) is 155 Å². The van der Waals surface area contributed by atoms with Crippen LogP contribution in [0.1, 0.15) is 149 Å². The first-order valence-corrected chi connectivity index (χ1v) is 20.1. The van der Waals surface area contributed by atoms with Gasteiger partial charge >= 0.3 is 13.8 Å². The van der Waals surface area contributed by atoms with Gasteiger partial charge in [-0.1, -0.05) is 133 Å². The molecule has 3 N–H and O–H groups in total. The standard InChI is InChI=1S/C38H68NO8P/c1-3-5-7-9-11-13-15-17-18-19-21-23-25-27-29-31-38(42)45-34-36(40)35-47-48(43,44)46-33-32-39-37(41)30-28-26-24-22-20-16-14-12-10-8-6-4-2/h5,7,11,13,17-18,21,23,36,40H,3-4,6,8-10,12,14-16,19-20,22,24-35H2,1-2H3,(H,39,41)(H,43,44)/b7-5-,13-11-,18-17-,23-21-. The number of carbonyl (C=O) groups excluding carboxylic acids is 2. The van der Waals surface area contributed by atoms with Gasteiger partial charge in [0, 0.05) is 19.4 Å². The normalized spacial score (nSPS) is 14.0. The molecule has 278 valence electrons. The summed E-state index contributed by atoms with van der Waals surface area (Å²) in [5.41, 5.74) is 0. The Hall–Kier alpha value is -2.03. The van der Waals surface area contributed by atoms with Crippen molar-refractivity contribution < 1.29 is 37.9 Å². The minimum Gasteiger partial charge on any atom is -0.463 e. The molecule has 9 nitrogen and oxygen atoms in total. The molecule has 2 atom stereocenters. The molecule has 10 heteroatoms. The molecular formula is C38H68NO8P. The Morgan fingerprint density at radius 2 is 1.19 bits per heavy atom. The number of nitrogens with one attached hydrogen (secondary N) is 1. The first-order valence-electron chi connectivity index (χ1n) is 18.6. The van der Waals surface area contributed by atoms with Crippen molar-refractivity contribution in [1.82, 2.24) is 5.32 Å². The smallest absolute Gasteiger partial charge is 0.463 e. The fraction of sp³-hybridized carbons (Fsp3) is 0.737. The molecule has 0 bridgehead atoms. The summed E-state index contributed by atoms with van der Waals surface area (Å²) < 4.78 is 26.7. The zero-order chi connectivity index (χ0) is 35.4. The summed E-state index contributed by atoms with van der Waals surface area (Å²) in [6.07, 6.45) is 37.6. The predicted octanol–water partition coefficient (Wildman–Crippen LogP) is 9.60. The summed E-state index contributed by atoms with van der Waals surface area (Å²) in [6, 6.07) is 0. The van der Waals surface area contributed by atoms with Crippen molar-refractivity contribution in [2.24, 2.45) is 0 Å². The number of unbranched alkanes of at least 4 members (excludes halogenated alkanes) is 13. The lowest BCUT2D eigenvalue weighted by molar-refractivity contribution is -0.147. The number of aliphatic hydroxyl groups is 1. The third-order valence-corrected chi connectivity index (χ3v) is 8.51. The maximum atomic E-state index is 12.0. The number of carbonyl (C=O) groups is 2. The van der Waals surface area contributed by atoms with Crippen molar-refractivity contribution in [2.75, 3.05) is 26.4 Å². The molecule has 0 aromatic rings. The summed E-state index contributed by atoms with van der Waals surface area (Å²) in [5.74, 6) is -0.562. The van der Waals surface area contributed by atoms with E-state index in [-0.39, 0.29) is 32.1 Å². The molecule has 0 radical (unpaired) electrons. The predicted molar refractivity (Wildman–Crippen MR) is 197 cm³/mol. The van der Waals surface area contributed by atoms with Gasteiger partial charge < -0.3 is 20.1 Å². The first-order chi connectivity index (χ1) is 23.3. The van der Waals surface area contributed by atoms with E-state index >= 15 is 0 Å². The van der Waals surface area contributed by atoms with E-state index in [0.29, 0.717) is 12.8 Å². The quantitative estimate of drug-likeness (QED) is 0.0262. The summed E-state index contributed by atoms with van der Waals surface area (Å²) in [5, 5.41) is 12.6. The molecule has 0 aromatic carbocycles. The van der Waals surface area contributed by atoms with Crippen LogP contribution in [0.4, 0.5) is 0 Å². The lowest BCUT2D eigenvalue weighted by Gasteiger charge is -2.15. The number of esters is 1. The number of rotatable bonds is 34. The summed E-state index contributed by atoms with van der Waals surface area (Å²) in [4.78, 5) is 33.7. The van der Waals surface area contributed by atoms with Gasteiger partial charge in [-0.25, -0.2) is 4.57 Å². The average Bonchev–Trinajstić information content (AvgIpc) is 3.07. The Balaban J connectivity index is 3.70. The molecule has 0 saturated carbocycles. The zero-order valence-corrected chi connectivity index (χ0v) is 31.1. The number of amides is 1. The molecule has 2 unspecified atom stereocenters. The first kappa shape index (κ1) is 46.0. The SMILES string of the molecule is CC/C=C\C/C=C\C/C=C\C/C=C\CCCCC(=O)OCC(O)COP(=O)(O)OCCNC(=O)CCCCCCCCCCCCCC. The fourth-order valence-corrected chi connectivity index (χ4v) is 5.48. The van der Waals surface area contributed by atoms with Crippen LogP contribution in [0.5, 0.6) is 0 Å². The van der Waals surface area contributed by atoms with Gasteiger partial charge in [0.2, 0.25) is 5.91 Å². The van der Waals surface area contributed by atoms with E-state index in [9.17, 15) is 24.2 Å². The number of hydrogen-bond donors (Lipinski definition) is 3. The van der Waals surface area contributed by atoms with Crippen LogP contribution in [-0.2, 0) is 27.9 Å². The average molecular weight is 698 g/mol. The lowest BCUT2D eigenvalue weighted by Crippen LogP contribution is -2.27. The van der Waals surface area contributed by atoms with Crippen LogP contribution in [-0.4, -0.2) is 54.3 Å². The van der Waals surface area contributed by atoms with Gasteiger partial charge in [0.05, 0.1) is 13.2 Å². The molecule has 0 spiro atoms. The van der Waals surface area contributed by atoms with Crippen LogP contribution in [0.25, 0.3) is 0 Å². The van der Waals surface area contributed by atoms with Crippen molar-refractivity contribution in [1.29, 1.82) is 0 Å². The van der Waals surface area contributed by atoms with Crippen LogP contribution in [0, 0.1) is 0 Å². The van der Waals surface area contributed by atoms with Crippen molar-refractivity contribution in [3.63, 3.8) is 0 Å². The molecule has 0 aliphatic rings. The van der Waals surface area contributed by atoms with Gasteiger partial charge in [0.15, 0.2) is 0 Å². The summed E-state index contributed by atoms with van der Waals surface area (Å²) in [7, 11) is -4.42. The van der Waals surface area contributed by atoms with E-state index in [2.05, 4.69) is 67.8 Å². The Morgan fingerprint density at radius 1 is 0.667 bits per heavy atom. The second-order valence-electron chi connectivity index (χ2n) is 12.2. The second-order valence-corrected chi connectivity index (χ2v) is 13.6. The highest BCUT2D eigenvalue weighted by molar-refractivity contribution is 7.47. The second kappa shape index (κ2) is 34.8. The van der Waals surface area contributed by atoms with E-state index in [4.69, 9.17) is 13.8 Å². The van der Waals surface area contributed by atoms with Gasteiger partial charge in [0.25, 0.3) is 0 Å². The number of allylic oxidation sites excluding steroid dienone is 8. The number of hydrogen-bond acceptors (Lipinski definition) is 7. The van der Waals surface area contributed by atoms with E-state index in [0.717, 1.165) is 57.8 Å². The molecule has 0 aliphatic heterocycles. The number of phosphoric ester groups is 1. The number of ether oxygens (including phenoxy) is 1. The van der Waals surface area contributed by atoms with Gasteiger partial charge in [-0.15, -0.1) is 0 Å². The highest BCUT2D eigenvalue weighted by Gasteiger charge is 2.23. The van der Waals surface area contributed by atoms with Crippen molar-refractivity contribution in [3.05, 3.63) is 48.6 Å². The molecule has 0 fully saturated rings. The molecule has 0 aliphatic carbocycles. The molecule has 0 rings (SSSR count). The monoisotopic (exact) mass is 697 g/mol. The largest absolute Gasteiger partial charge is 0.472 e. The van der Waals surface area contributed by atoms with Crippen molar-refractivity contribution in [3.8, 4) is 0 Å². The Kier molecular flexibility index (Phi) is 33.3. The third kappa shape index (κ3) is 35.3. The summed E-state index contributed by atoms with van der Waals surface area (Å²) in [6.45, 7) is 3.37. The van der Waals surface area contributed by atoms with E-state index < -0.39 is 26.5 Å². The number of aliphatic hydroxyl groups excluding tert-OH is 1. The zero-order valence-electron chi connectivity index (χ0n) is 30.2. The Bertz CT molecular complexity index is 934. The van der Waals surface area contributed by atoms with Crippen molar-refractivity contribution >= 4 is 19.7 Å². The van der Waals surface area contributed by atoms with Crippen LogP contribution < -0.4 is 5.32 Å². The Labute approximate surface area is 292 Å². The highest BCUT2D eigenvalue weighted by Crippen LogP contribution is 2.42. The fourth-order valence-electron chi connectivity index (χ4n) is 4.72. The van der Waals surface area contributed by atoms with Gasteiger partial charge in [-0.05, 0) is 51.4 Å². The molecule has 0 heterocycles. The van der Waals surface area contributed by atoms with E-state index in [1.165, 1.54) is 57.8 Å². The van der Waals surface area contributed by atoms with E-state index in [1.54, 1.807) is 0 Å². The van der Waals surface area contributed by atoms with Gasteiger partial charge in [-0.3, -0.25) is 18.6 Å². The van der Waals surface area contributed by atoms with Crippen LogP contribution in [0.2, 0.25) is 0 Å². The van der Waals surface area contributed by atoms with Crippen LogP contribution in [0.3, 0.4) is 0 Å². The molecule has 0 saturated heterocycles. The minimum atomic E-state index is -4.42. The maximum Gasteiger partial charge on any atom is 0.472 e.